The zero-order valence-electron chi connectivity index (χ0n) is 14.3. The predicted octanol–water partition coefficient (Wildman–Crippen LogP) is 2.57. The van der Waals surface area contributed by atoms with E-state index in [4.69, 9.17) is 4.74 Å². The molecule has 24 heavy (non-hydrogen) atoms. The van der Waals surface area contributed by atoms with Crippen molar-refractivity contribution < 1.29 is 9.53 Å². The summed E-state index contributed by atoms with van der Waals surface area (Å²) in [6.07, 6.45) is 5.55. The molecule has 2 aliphatic rings. The Balaban J connectivity index is 1.65. The average Bonchev–Trinajstić information content (AvgIpc) is 3.12. The fourth-order valence-electron chi connectivity index (χ4n) is 3.46. The maximum Gasteiger partial charge on any atom is 0.313 e. The Labute approximate surface area is 147 Å². The van der Waals surface area contributed by atoms with Gasteiger partial charge in [0.1, 0.15) is 18.0 Å². The summed E-state index contributed by atoms with van der Waals surface area (Å²) in [5, 5.41) is 3.36. The lowest BCUT2D eigenvalue weighted by Gasteiger charge is -2.28. The molecule has 1 aromatic rings. The predicted molar refractivity (Wildman–Crippen MR) is 97.6 cm³/mol. The summed E-state index contributed by atoms with van der Waals surface area (Å²) < 4.78 is 5.31. The number of nitrogens with one attached hydrogen (secondary N) is 1. The van der Waals surface area contributed by atoms with Crippen LogP contribution in [0.3, 0.4) is 0 Å². The van der Waals surface area contributed by atoms with E-state index in [-0.39, 0.29) is 5.97 Å². The largest absolute Gasteiger partial charge is 0.466 e. The van der Waals surface area contributed by atoms with Gasteiger partial charge in [-0.2, -0.15) is 11.8 Å². The summed E-state index contributed by atoms with van der Waals surface area (Å²) in [7, 11) is 0. The van der Waals surface area contributed by atoms with Gasteiger partial charge in [-0.15, -0.1) is 0 Å². The minimum atomic E-state index is -0.400. The molecular weight excluding hydrogens is 324 g/mol. The minimum absolute atomic E-state index is 0.0719. The topological polar surface area (TPSA) is 67.3 Å². The van der Waals surface area contributed by atoms with Crippen LogP contribution in [-0.4, -0.2) is 53.7 Å². The lowest BCUT2D eigenvalue weighted by Crippen LogP contribution is -2.37. The second-order valence-corrected chi connectivity index (χ2v) is 7.65. The van der Waals surface area contributed by atoms with Crippen LogP contribution in [0.1, 0.15) is 32.6 Å². The summed E-state index contributed by atoms with van der Waals surface area (Å²) in [4.78, 5) is 23.4. The maximum atomic E-state index is 12.4. The normalized spacial score (nSPS) is 20.0. The molecule has 2 fully saturated rings. The highest BCUT2D eigenvalue weighted by molar-refractivity contribution is 7.99. The van der Waals surface area contributed by atoms with E-state index in [2.05, 4.69) is 20.2 Å². The Morgan fingerprint density at radius 2 is 2.08 bits per heavy atom. The first-order chi connectivity index (χ1) is 11.7. The van der Waals surface area contributed by atoms with E-state index in [1.807, 2.05) is 24.8 Å². The minimum Gasteiger partial charge on any atom is -0.466 e. The number of hydrogen-bond acceptors (Lipinski definition) is 7. The number of esters is 1. The van der Waals surface area contributed by atoms with Gasteiger partial charge in [-0.3, -0.25) is 4.79 Å². The van der Waals surface area contributed by atoms with Gasteiger partial charge < -0.3 is 15.0 Å². The lowest BCUT2D eigenvalue weighted by atomic mass is 9.86. The van der Waals surface area contributed by atoms with Crippen LogP contribution in [0, 0.1) is 5.41 Å². The van der Waals surface area contributed by atoms with Crippen molar-refractivity contribution in [3.63, 3.8) is 0 Å². The quantitative estimate of drug-likeness (QED) is 0.791. The molecule has 0 spiro atoms. The van der Waals surface area contributed by atoms with E-state index in [0.717, 1.165) is 61.9 Å². The molecule has 7 heteroatoms. The van der Waals surface area contributed by atoms with Crippen LogP contribution in [-0.2, 0) is 9.53 Å². The highest BCUT2D eigenvalue weighted by Crippen LogP contribution is 2.39. The molecule has 0 atom stereocenters. The summed E-state index contributed by atoms with van der Waals surface area (Å²) in [5.74, 6) is 3.95. The van der Waals surface area contributed by atoms with Gasteiger partial charge in [0.05, 0.1) is 12.0 Å². The Morgan fingerprint density at radius 1 is 1.33 bits per heavy atom. The zero-order valence-corrected chi connectivity index (χ0v) is 15.1. The molecular formula is C17H26N4O2S. The Bertz CT molecular complexity index is 557. The molecule has 6 nitrogen and oxygen atoms in total. The van der Waals surface area contributed by atoms with E-state index in [9.17, 15) is 4.79 Å². The molecule has 1 saturated carbocycles. The molecule has 1 saturated heterocycles. The van der Waals surface area contributed by atoms with Crippen LogP contribution in [0.15, 0.2) is 12.4 Å². The molecule has 3 rings (SSSR count). The molecule has 0 amide bonds. The molecule has 0 aromatic carbocycles. The van der Waals surface area contributed by atoms with Gasteiger partial charge >= 0.3 is 5.97 Å². The van der Waals surface area contributed by atoms with E-state index in [0.29, 0.717) is 13.2 Å². The summed E-state index contributed by atoms with van der Waals surface area (Å²) in [6.45, 7) is 4.92. The Hall–Kier alpha value is -1.50. The van der Waals surface area contributed by atoms with Crippen LogP contribution in [0.4, 0.5) is 11.6 Å². The van der Waals surface area contributed by atoms with Crippen molar-refractivity contribution in [3.05, 3.63) is 12.4 Å². The number of carbonyl (C=O) groups is 1. The van der Waals surface area contributed by atoms with E-state index in [1.54, 1.807) is 6.33 Å². The highest BCUT2D eigenvalue weighted by Gasteiger charge is 2.42. The molecule has 132 valence electrons. The Morgan fingerprint density at radius 3 is 2.79 bits per heavy atom. The van der Waals surface area contributed by atoms with Crippen molar-refractivity contribution in [1.82, 2.24) is 9.97 Å². The van der Waals surface area contributed by atoms with E-state index < -0.39 is 5.41 Å². The molecule has 2 heterocycles. The van der Waals surface area contributed by atoms with Gasteiger partial charge in [0, 0.05) is 37.2 Å². The lowest BCUT2D eigenvalue weighted by molar-refractivity contribution is -0.154. The van der Waals surface area contributed by atoms with Crippen molar-refractivity contribution >= 4 is 29.4 Å². The van der Waals surface area contributed by atoms with E-state index in [1.165, 1.54) is 0 Å². The van der Waals surface area contributed by atoms with Crippen molar-refractivity contribution in [3.8, 4) is 0 Å². The first kappa shape index (κ1) is 17.3. The summed E-state index contributed by atoms with van der Waals surface area (Å²) in [5.41, 5.74) is -0.400. The number of hydrogen-bond donors (Lipinski definition) is 1. The number of aromatic nitrogens is 2. The fraction of sp³-hybridized carbons (Fsp3) is 0.706. The fourth-order valence-corrected chi connectivity index (χ4v) is 4.36. The van der Waals surface area contributed by atoms with Crippen LogP contribution in [0.25, 0.3) is 0 Å². The van der Waals surface area contributed by atoms with Crippen LogP contribution in [0.2, 0.25) is 0 Å². The molecule has 1 aliphatic heterocycles. The van der Waals surface area contributed by atoms with Gasteiger partial charge in [0.25, 0.3) is 0 Å². The third-order valence-corrected chi connectivity index (χ3v) is 5.81. The average molecular weight is 350 g/mol. The summed E-state index contributed by atoms with van der Waals surface area (Å²) >= 11 is 1.98. The van der Waals surface area contributed by atoms with Crippen molar-refractivity contribution in [2.45, 2.75) is 32.6 Å². The number of ether oxygens (including phenoxy) is 1. The number of carbonyl (C=O) groups excluding carboxylic acids is 1. The monoisotopic (exact) mass is 350 g/mol. The molecule has 1 aliphatic carbocycles. The van der Waals surface area contributed by atoms with Crippen molar-refractivity contribution in [2.75, 3.05) is 48.0 Å². The third kappa shape index (κ3) is 3.94. The number of thioether (sulfide) groups is 1. The molecule has 0 unspecified atom stereocenters. The highest BCUT2D eigenvalue weighted by atomic mass is 32.2. The number of nitrogens with zero attached hydrogens (tertiary/aromatic N) is 3. The first-order valence-electron chi connectivity index (χ1n) is 8.79. The number of rotatable bonds is 6. The van der Waals surface area contributed by atoms with Crippen LogP contribution < -0.4 is 10.2 Å². The second-order valence-electron chi connectivity index (χ2n) is 6.42. The van der Waals surface area contributed by atoms with Gasteiger partial charge in [0.2, 0.25) is 0 Å². The second kappa shape index (κ2) is 8.05. The van der Waals surface area contributed by atoms with Crippen molar-refractivity contribution in [1.29, 1.82) is 0 Å². The number of anilines is 2. The van der Waals surface area contributed by atoms with Gasteiger partial charge in [0.15, 0.2) is 0 Å². The van der Waals surface area contributed by atoms with Crippen LogP contribution >= 0.6 is 11.8 Å². The van der Waals surface area contributed by atoms with Gasteiger partial charge in [-0.1, -0.05) is 12.8 Å². The SMILES string of the molecule is CCOC(=O)C1(CNc2cc(N3CCSCC3)ncn2)CCCC1. The Kier molecular flexibility index (Phi) is 5.81. The smallest absolute Gasteiger partial charge is 0.313 e. The van der Waals surface area contributed by atoms with Crippen molar-refractivity contribution in [2.24, 2.45) is 5.41 Å². The maximum absolute atomic E-state index is 12.4. The van der Waals surface area contributed by atoms with Gasteiger partial charge in [-0.05, 0) is 19.8 Å². The van der Waals surface area contributed by atoms with E-state index >= 15 is 0 Å². The standard InChI is InChI=1S/C17H26N4O2S/c1-2-23-16(22)17(5-3-4-6-17)12-18-14-11-15(20-13-19-14)21-7-9-24-10-8-21/h11,13H,2-10,12H2,1H3,(H,18,19,20). The summed E-state index contributed by atoms with van der Waals surface area (Å²) in [6, 6.07) is 1.99. The zero-order chi connectivity index (χ0) is 16.8. The molecule has 1 aromatic heterocycles. The molecule has 1 N–H and O–H groups in total. The van der Waals surface area contributed by atoms with Gasteiger partial charge in [-0.25, -0.2) is 9.97 Å². The third-order valence-electron chi connectivity index (χ3n) is 4.86. The molecule has 0 bridgehead atoms. The molecule has 0 radical (unpaired) electrons. The first-order valence-corrected chi connectivity index (χ1v) is 9.95. The van der Waals surface area contributed by atoms with Crippen LogP contribution in [0.5, 0.6) is 0 Å².